The Hall–Kier alpha value is -1.63. The summed E-state index contributed by atoms with van der Waals surface area (Å²) in [6.07, 6.45) is 0. The van der Waals surface area contributed by atoms with Crippen molar-refractivity contribution in [3.05, 3.63) is 15.6 Å². The smallest absolute Gasteiger partial charge is 0.227 e. The molecule has 1 heterocycles. The molecular formula is C15H27N5OS. The van der Waals surface area contributed by atoms with E-state index in [1.807, 2.05) is 27.7 Å². The molecule has 0 bridgehead atoms. The fourth-order valence-electron chi connectivity index (χ4n) is 1.78. The molecule has 3 N–H and O–H groups in total. The molecule has 0 aliphatic rings. The maximum Gasteiger partial charge on any atom is 0.227 e. The van der Waals surface area contributed by atoms with Gasteiger partial charge in [-0.05, 0) is 34.6 Å². The van der Waals surface area contributed by atoms with Gasteiger partial charge in [0.05, 0.1) is 17.7 Å². The maximum atomic E-state index is 12.0. The minimum Gasteiger partial charge on any atom is -0.356 e. The predicted octanol–water partition coefficient (Wildman–Crippen LogP) is 1.59. The topological polar surface area (TPSA) is 78.4 Å². The molecular weight excluding hydrogens is 298 g/mol. The minimum absolute atomic E-state index is 0.0316. The lowest BCUT2D eigenvalue weighted by molar-refractivity contribution is -0.128. The number of carbonyl (C=O) groups excluding carboxylic acids is 1. The first-order valence-electron chi connectivity index (χ1n) is 7.46. The van der Waals surface area contributed by atoms with Crippen LogP contribution in [0.25, 0.3) is 0 Å². The van der Waals surface area contributed by atoms with Crippen LogP contribution in [0.5, 0.6) is 0 Å². The molecule has 0 atom stereocenters. The highest BCUT2D eigenvalue weighted by Gasteiger charge is 2.27. The molecule has 6 nitrogen and oxygen atoms in total. The van der Waals surface area contributed by atoms with Crippen molar-refractivity contribution in [1.82, 2.24) is 20.9 Å². The molecule has 0 saturated heterocycles. The first-order valence-corrected chi connectivity index (χ1v) is 8.27. The molecule has 0 spiro atoms. The molecule has 0 fully saturated rings. The standard InChI is InChI=1S/C15H27N5OS/c1-7-17-13(21)15(4,5)9-19-14(16-6)18-8-12-20-10(2)11(3)22-12/h7-9H2,1-6H3,(H,17,21)(H2,16,18,19). The van der Waals surface area contributed by atoms with Crippen LogP contribution in [0, 0.1) is 19.3 Å². The molecule has 0 aromatic carbocycles. The van der Waals surface area contributed by atoms with Crippen molar-refractivity contribution in [3.8, 4) is 0 Å². The number of guanidine groups is 1. The number of nitrogens with zero attached hydrogens (tertiary/aromatic N) is 2. The summed E-state index contributed by atoms with van der Waals surface area (Å²) in [4.78, 5) is 21.9. The Morgan fingerprint density at radius 2 is 1.95 bits per heavy atom. The highest BCUT2D eigenvalue weighted by atomic mass is 32.1. The van der Waals surface area contributed by atoms with Crippen LogP contribution < -0.4 is 16.0 Å². The van der Waals surface area contributed by atoms with Crippen molar-refractivity contribution in [3.63, 3.8) is 0 Å². The molecule has 7 heteroatoms. The van der Waals surface area contributed by atoms with Gasteiger partial charge < -0.3 is 16.0 Å². The third kappa shape index (κ3) is 5.29. The Labute approximate surface area is 136 Å². The molecule has 1 rings (SSSR count). The van der Waals surface area contributed by atoms with Gasteiger partial charge in [0, 0.05) is 25.0 Å². The summed E-state index contributed by atoms with van der Waals surface area (Å²) in [6.45, 7) is 11.6. The number of amides is 1. The number of aryl methyl sites for hydroxylation is 2. The minimum atomic E-state index is -0.498. The number of thiazole rings is 1. The van der Waals surface area contributed by atoms with Gasteiger partial charge in [-0.15, -0.1) is 11.3 Å². The lowest BCUT2D eigenvalue weighted by Gasteiger charge is -2.24. The highest BCUT2D eigenvalue weighted by Crippen LogP contribution is 2.16. The molecule has 1 aromatic heterocycles. The quantitative estimate of drug-likeness (QED) is 0.548. The van der Waals surface area contributed by atoms with Crippen molar-refractivity contribution >= 4 is 23.2 Å². The molecule has 0 saturated carbocycles. The third-order valence-electron chi connectivity index (χ3n) is 3.35. The molecule has 124 valence electrons. The summed E-state index contributed by atoms with van der Waals surface area (Å²) >= 11 is 1.68. The van der Waals surface area contributed by atoms with Crippen LogP contribution >= 0.6 is 11.3 Å². The second-order valence-electron chi connectivity index (χ2n) is 5.77. The van der Waals surface area contributed by atoms with Gasteiger partial charge in [0.2, 0.25) is 5.91 Å². The molecule has 1 aromatic rings. The number of hydrogen-bond acceptors (Lipinski definition) is 4. The second-order valence-corrected chi connectivity index (χ2v) is 7.06. The van der Waals surface area contributed by atoms with E-state index in [9.17, 15) is 4.79 Å². The van der Waals surface area contributed by atoms with Crippen LogP contribution in [-0.4, -0.2) is 37.0 Å². The van der Waals surface area contributed by atoms with E-state index >= 15 is 0 Å². The Balaban J connectivity index is 2.50. The fourth-order valence-corrected chi connectivity index (χ4v) is 2.65. The first kappa shape index (κ1) is 18.4. The third-order valence-corrected chi connectivity index (χ3v) is 4.43. The highest BCUT2D eigenvalue weighted by molar-refractivity contribution is 7.11. The van der Waals surface area contributed by atoms with E-state index < -0.39 is 5.41 Å². The zero-order valence-corrected chi connectivity index (χ0v) is 15.1. The van der Waals surface area contributed by atoms with Crippen molar-refractivity contribution < 1.29 is 4.79 Å². The Morgan fingerprint density at radius 1 is 1.27 bits per heavy atom. The van der Waals surface area contributed by atoms with Crippen molar-refractivity contribution in [2.24, 2.45) is 10.4 Å². The van der Waals surface area contributed by atoms with Crippen molar-refractivity contribution in [2.75, 3.05) is 20.1 Å². The number of aliphatic imine (C=N–C) groups is 1. The van der Waals surface area contributed by atoms with Crippen LogP contribution in [0.1, 0.15) is 36.3 Å². The Bertz CT molecular complexity index is 517. The van der Waals surface area contributed by atoms with Gasteiger partial charge in [0.25, 0.3) is 0 Å². The zero-order chi connectivity index (χ0) is 16.8. The summed E-state index contributed by atoms with van der Waals surface area (Å²) in [5.74, 6) is 0.701. The van der Waals surface area contributed by atoms with E-state index in [4.69, 9.17) is 0 Å². The normalized spacial score (nSPS) is 12.2. The monoisotopic (exact) mass is 325 g/mol. The van der Waals surface area contributed by atoms with E-state index in [0.29, 0.717) is 25.6 Å². The molecule has 0 aliphatic heterocycles. The number of hydrogen-bond donors (Lipinski definition) is 3. The number of rotatable bonds is 6. The molecule has 1 amide bonds. The molecule has 0 aliphatic carbocycles. The van der Waals surface area contributed by atoms with Gasteiger partial charge >= 0.3 is 0 Å². The summed E-state index contributed by atoms with van der Waals surface area (Å²) in [5, 5.41) is 10.3. The van der Waals surface area contributed by atoms with Crippen LogP contribution in [0.15, 0.2) is 4.99 Å². The largest absolute Gasteiger partial charge is 0.356 e. The van der Waals surface area contributed by atoms with Crippen molar-refractivity contribution in [2.45, 2.75) is 41.2 Å². The van der Waals surface area contributed by atoms with Gasteiger partial charge in [-0.1, -0.05) is 0 Å². The number of carbonyl (C=O) groups is 1. The van der Waals surface area contributed by atoms with Gasteiger partial charge in [-0.25, -0.2) is 4.98 Å². The summed E-state index contributed by atoms with van der Waals surface area (Å²) in [6, 6.07) is 0. The van der Waals surface area contributed by atoms with Crippen LogP contribution in [-0.2, 0) is 11.3 Å². The van der Waals surface area contributed by atoms with Gasteiger partial charge in [0.1, 0.15) is 5.01 Å². The van der Waals surface area contributed by atoms with E-state index in [2.05, 4.69) is 32.9 Å². The van der Waals surface area contributed by atoms with Crippen molar-refractivity contribution in [1.29, 1.82) is 0 Å². The maximum absolute atomic E-state index is 12.0. The Kier molecular flexibility index (Phi) is 6.80. The summed E-state index contributed by atoms with van der Waals surface area (Å²) in [5.41, 5.74) is 0.573. The average Bonchev–Trinajstić information content (AvgIpc) is 2.78. The number of nitrogens with one attached hydrogen (secondary N) is 3. The van der Waals surface area contributed by atoms with E-state index in [0.717, 1.165) is 10.7 Å². The van der Waals surface area contributed by atoms with Gasteiger partial charge in [-0.3, -0.25) is 9.79 Å². The SMILES string of the molecule is CCNC(=O)C(C)(C)CNC(=NC)NCc1nc(C)c(C)s1. The average molecular weight is 325 g/mol. The molecule has 0 radical (unpaired) electrons. The Morgan fingerprint density at radius 3 is 2.45 bits per heavy atom. The van der Waals surface area contributed by atoms with Crippen LogP contribution in [0.4, 0.5) is 0 Å². The van der Waals surface area contributed by atoms with Gasteiger partial charge in [0.15, 0.2) is 5.96 Å². The predicted molar refractivity (Wildman–Crippen MR) is 92.3 cm³/mol. The lowest BCUT2D eigenvalue weighted by Crippen LogP contribution is -2.47. The van der Waals surface area contributed by atoms with Crippen LogP contribution in [0.3, 0.4) is 0 Å². The van der Waals surface area contributed by atoms with E-state index in [1.54, 1.807) is 18.4 Å². The zero-order valence-electron chi connectivity index (χ0n) is 14.3. The second kappa shape index (κ2) is 8.12. The molecule has 0 unspecified atom stereocenters. The number of aromatic nitrogens is 1. The van der Waals surface area contributed by atoms with E-state index in [-0.39, 0.29) is 5.91 Å². The summed E-state index contributed by atoms with van der Waals surface area (Å²) < 4.78 is 0. The lowest BCUT2D eigenvalue weighted by atomic mass is 9.92. The van der Waals surface area contributed by atoms with E-state index in [1.165, 1.54) is 4.88 Å². The van der Waals surface area contributed by atoms with Gasteiger partial charge in [-0.2, -0.15) is 0 Å². The molecule has 22 heavy (non-hydrogen) atoms. The summed E-state index contributed by atoms with van der Waals surface area (Å²) in [7, 11) is 1.72. The first-order chi connectivity index (χ1) is 10.3. The van der Waals surface area contributed by atoms with Crippen LogP contribution in [0.2, 0.25) is 0 Å². The fraction of sp³-hybridized carbons (Fsp3) is 0.667.